The second kappa shape index (κ2) is 50.0. The summed E-state index contributed by atoms with van der Waals surface area (Å²) in [4.78, 5) is 23.5. The molecule has 768 valence electrons. The topological polar surface area (TPSA) is 385 Å². The average Bonchev–Trinajstić information content (AvgIpc) is 1.62. The van der Waals surface area contributed by atoms with E-state index >= 15 is 0 Å². The maximum atomic E-state index is 12.6. The number of nitriles is 5. The number of amides is 2. The van der Waals surface area contributed by atoms with E-state index in [1.54, 1.807) is 81.6 Å². The fourth-order valence-corrected chi connectivity index (χ4v) is 20.4. The van der Waals surface area contributed by atoms with E-state index < -0.39 is 45.5 Å². The molecule has 0 atom stereocenters. The van der Waals surface area contributed by atoms with Gasteiger partial charge >= 0.3 is 25.4 Å². The summed E-state index contributed by atoms with van der Waals surface area (Å²) in [5.74, 6) is 2.33. The number of benzene rings is 12. The molecule has 0 unspecified atom stereocenters. The minimum atomic E-state index is -3.41. The van der Waals surface area contributed by atoms with Crippen LogP contribution in [0.3, 0.4) is 0 Å². The number of nitrogens with two attached hydrogens (primary N) is 1. The predicted octanol–water partition coefficient (Wildman–Crippen LogP) is 26.9. The number of sulfonamides is 2. The van der Waals surface area contributed by atoms with Crippen molar-refractivity contribution in [2.75, 3.05) is 51.9 Å². The van der Waals surface area contributed by atoms with Gasteiger partial charge in [-0.3, -0.25) is 20.1 Å². The lowest BCUT2D eigenvalue weighted by Gasteiger charge is -2.12. The number of nitrogens with one attached hydrogen (secondary N) is 4. The maximum Gasteiger partial charge on any atom is 0.411 e. The summed E-state index contributed by atoms with van der Waals surface area (Å²) in [6, 6.07) is 94.1. The Kier molecular flexibility index (Phi) is 36.0. The van der Waals surface area contributed by atoms with Crippen LogP contribution in [0.2, 0.25) is 0 Å². The van der Waals surface area contributed by atoms with Crippen molar-refractivity contribution in [2.24, 2.45) is 0 Å². The van der Waals surface area contributed by atoms with Gasteiger partial charge in [-0.2, -0.15) is 43.9 Å². The van der Waals surface area contributed by atoms with Gasteiger partial charge in [0.2, 0.25) is 20.0 Å². The lowest BCUT2D eigenvalue weighted by molar-refractivity contribution is -0.0504. The number of halogens is 4. The molecule has 6 N–H and O–H groups in total. The number of ether oxygens (including phenoxy) is 7. The largest absolute Gasteiger partial charge is 0.497 e. The van der Waals surface area contributed by atoms with Crippen LogP contribution in [0.15, 0.2) is 273 Å². The number of fused-ring (bicyclic) bond motifs is 5. The van der Waals surface area contributed by atoms with Gasteiger partial charge in [-0.1, -0.05) is 142 Å². The second-order valence-corrected chi connectivity index (χ2v) is 38.3. The fourth-order valence-electron chi connectivity index (χ4n) is 17.8. The van der Waals surface area contributed by atoms with E-state index in [2.05, 4.69) is 94.4 Å². The first-order chi connectivity index (χ1) is 72.6. The molecular formula is C116H111F4N15O13S2. The van der Waals surface area contributed by atoms with Crippen molar-refractivity contribution in [2.45, 2.75) is 152 Å². The number of methoxy groups -OCH3 is 1. The predicted molar refractivity (Wildman–Crippen MR) is 578 cm³/mol. The maximum absolute atomic E-state index is 12.6. The molecule has 1 saturated carbocycles. The van der Waals surface area contributed by atoms with Gasteiger partial charge in [-0.15, -0.1) is 0 Å². The fraction of sp³-hybridized carbons (Fsp3) is 0.233. The Bertz CT molecular complexity index is 8170. The highest BCUT2D eigenvalue weighted by atomic mass is 32.2. The summed E-state index contributed by atoms with van der Waals surface area (Å²) < 4.78 is 150. The van der Waals surface area contributed by atoms with E-state index in [1.165, 1.54) is 24.3 Å². The van der Waals surface area contributed by atoms with Crippen LogP contribution in [0, 0.1) is 56.7 Å². The van der Waals surface area contributed by atoms with Crippen LogP contribution in [0.25, 0.3) is 111 Å². The Hall–Kier alpha value is -17.7. The highest BCUT2D eigenvalue weighted by Crippen LogP contribution is 2.44. The molecule has 34 heteroatoms. The van der Waals surface area contributed by atoms with Crippen LogP contribution in [0.4, 0.5) is 55.6 Å². The molecule has 2 amide bonds. The number of aromatic nitrogens is 5. The van der Waals surface area contributed by atoms with Gasteiger partial charge in [0.1, 0.15) is 72.3 Å². The van der Waals surface area contributed by atoms with Gasteiger partial charge in [-0.05, 0) is 233 Å². The summed E-state index contributed by atoms with van der Waals surface area (Å²) >= 11 is 0. The van der Waals surface area contributed by atoms with E-state index in [1.807, 2.05) is 218 Å². The van der Waals surface area contributed by atoms with Crippen LogP contribution >= 0.6 is 0 Å². The summed E-state index contributed by atoms with van der Waals surface area (Å²) in [5, 5.41) is 58.3. The molecule has 0 aliphatic heterocycles. The summed E-state index contributed by atoms with van der Waals surface area (Å²) in [6.45, 7) is 14.5. The van der Waals surface area contributed by atoms with Crippen LogP contribution in [-0.2, 0) is 75.5 Å². The third kappa shape index (κ3) is 25.5. The summed E-state index contributed by atoms with van der Waals surface area (Å²) in [6.07, 6.45) is 2.57. The van der Waals surface area contributed by atoms with Crippen LogP contribution in [0.5, 0.6) is 28.7 Å². The molecular weight excluding hydrogens is 1950 g/mol. The quantitative estimate of drug-likeness (QED) is 0.0185. The van der Waals surface area contributed by atoms with E-state index in [4.69, 9.17) is 29.4 Å². The molecule has 17 aromatic rings. The number of hydrogen-bond acceptors (Lipinski definition) is 19. The van der Waals surface area contributed by atoms with Gasteiger partial charge in [0, 0.05) is 112 Å². The first-order valence-electron chi connectivity index (χ1n) is 48.9. The molecule has 5 heterocycles. The first kappa shape index (κ1) is 108. The normalized spacial score (nSPS) is 11.5. The van der Waals surface area contributed by atoms with Crippen molar-refractivity contribution >= 4 is 115 Å². The number of nitrogens with zero attached hydrogens (tertiary/aromatic N) is 10. The molecule has 0 saturated heterocycles. The number of carbonyl (C=O) groups excluding carboxylic acids is 2. The van der Waals surface area contributed by atoms with Gasteiger partial charge in [0.25, 0.3) is 0 Å². The Morgan fingerprint density at radius 1 is 0.380 bits per heavy atom. The smallest absolute Gasteiger partial charge is 0.411 e. The van der Waals surface area contributed by atoms with Gasteiger partial charge in [0.05, 0.1) is 115 Å². The molecule has 0 bridgehead atoms. The third-order valence-corrected chi connectivity index (χ3v) is 28.0. The van der Waals surface area contributed by atoms with Crippen LogP contribution in [-0.4, -0.2) is 96.4 Å². The molecule has 12 aromatic carbocycles. The Balaban J connectivity index is 0.000000149. The Morgan fingerprint density at radius 3 is 1.09 bits per heavy atom. The van der Waals surface area contributed by atoms with Crippen molar-refractivity contribution in [3.63, 3.8) is 0 Å². The molecule has 0 spiro atoms. The van der Waals surface area contributed by atoms with Crippen LogP contribution < -0.4 is 49.5 Å². The van der Waals surface area contributed by atoms with Crippen molar-refractivity contribution in [3.8, 4) is 115 Å². The Morgan fingerprint density at radius 2 is 0.720 bits per heavy atom. The molecule has 150 heavy (non-hydrogen) atoms. The lowest BCUT2D eigenvalue weighted by atomic mass is 10.1. The molecule has 1 aliphatic rings. The number of alkyl halides is 4. The molecule has 18 rings (SSSR count). The number of hydrogen-bond donors (Lipinski definition) is 5. The van der Waals surface area contributed by atoms with Crippen molar-refractivity contribution in [1.29, 1.82) is 26.3 Å². The third-order valence-electron chi connectivity index (χ3n) is 24.6. The first-order valence-corrected chi connectivity index (χ1v) is 52.1. The molecule has 5 aromatic heterocycles. The van der Waals surface area contributed by atoms with Gasteiger partial charge in [-0.25, -0.2) is 26.4 Å². The minimum Gasteiger partial charge on any atom is -0.497 e. The zero-order valence-electron chi connectivity index (χ0n) is 84.0. The zero-order chi connectivity index (χ0) is 107. The SMILES string of the molecule is CCCOC(=O)Nc1ccc(-c2c(C#N)c3cc(OCc4ccccc4)ccc3n2CC)cc1.CCCS(=O)(=O)Nc1ccc(-c2c(C#N)c3ccc(OC(F)F)cc3n2CC)cc1.CCCn1c(-c2ccc(NC(=O)OCC)cc2)c(C#N)c2ccc(OCc3ccccc3)cc21.CCn1c(-c2ccc(N)cc2)c(C#N)c2ccc(OC)cc21.CCn1c(-c2ccc(NS(=O)(=O)C3CC3)cc2)c(C#N)c2ccc(OC(F)F)cc21. The molecule has 28 nitrogen and oxygen atoms in total. The molecule has 1 fully saturated rings. The minimum absolute atomic E-state index is 0.0152. The van der Waals surface area contributed by atoms with Crippen molar-refractivity contribution in [1.82, 2.24) is 22.8 Å². The summed E-state index contributed by atoms with van der Waals surface area (Å²) in [5.41, 5.74) is 25.9. The Labute approximate surface area is 867 Å². The number of aryl methyl sites for hydroxylation is 5. The molecule has 1 aliphatic carbocycles. The highest BCUT2D eigenvalue weighted by Gasteiger charge is 2.36. The average molecular weight is 2060 g/mol. The van der Waals surface area contributed by atoms with Gasteiger partial charge < -0.3 is 61.7 Å². The number of carbonyl (C=O) groups is 2. The monoisotopic (exact) mass is 2060 g/mol. The number of nitrogen functional groups attached to an aromatic ring is 1. The second-order valence-electron chi connectivity index (χ2n) is 34.5. The number of rotatable bonds is 34. The standard InChI is InChI=1S/2C28H27N3O3.C21H19F2N3O3S.C21H21F2N3O3S.C18H17N3O/c1-3-16-33-28(32)30-22-12-10-21(11-13-22)27-25(18-29)24-17-23(14-15-26(24)31(27)4-2)34-19-20-8-6-5-7-9-20;1-3-16-31-26-17-23(34-19-20-8-6-5-7-9-20)14-15-24(26)25(18-29)27(31)21-10-12-22(13-11-21)30-28(32)33-4-2;1-2-26-19-11-15(29-21(22)23)7-10-17(19)18(12-24)20(26)13-3-5-14(6-4-13)25-30(27,28)16-8-9-16;1-3-11-30(27,28)25-15-7-5-14(6-8-15)20-18(13-24)17-10-9-16(29-21(22)23)12-19(17)26(20)4-2;1-3-21-17-10-14(22-2)8-9-15(17)16(11-19)18(21)12-4-6-13(20)7-5-12/h2*5-15,17H,3-4,16,19H2,1-2H3,(H,30,32);3-7,10-11,16,21,25H,2,8-9H2,1H3;5-10,12,21,25H,3-4,11H2,1-2H3;4-10H,3,20H2,1-2H3. The van der Waals surface area contributed by atoms with E-state index in [9.17, 15) is 70.3 Å². The zero-order valence-corrected chi connectivity index (χ0v) is 85.6. The van der Waals surface area contributed by atoms with E-state index in [0.717, 1.165) is 126 Å². The summed E-state index contributed by atoms with van der Waals surface area (Å²) in [7, 11) is -5.12. The molecule has 0 radical (unpaired) electrons. The van der Waals surface area contributed by atoms with E-state index in [-0.39, 0.29) is 22.5 Å². The van der Waals surface area contributed by atoms with Crippen molar-refractivity contribution < 1.29 is 77.1 Å². The lowest BCUT2D eigenvalue weighted by Crippen LogP contribution is -2.17. The number of anilines is 5. The van der Waals surface area contributed by atoms with Crippen molar-refractivity contribution in [3.05, 3.63) is 312 Å². The van der Waals surface area contributed by atoms with Gasteiger partial charge in [0.15, 0.2) is 0 Å². The highest BCUT2D eigenvalue weighted by molar-refractivity contribution is 7.93. The van der Waals surface area contributed by atoms with Crippen LogP contribution in [0.1, 0.15) is 126 Å². The van der Waals surface area contributed by atoms with E-state index in [0.29, 0.717) is 160 Å².